The van der Waals surface area contributed by atoms with Gasteiger partial charge in [-0.3, -0.25) is 14.5 Å². The molecule has 0 radical (unpaired) electrons. The normalized spacial score (nSPS) is 14.6. The van der Waals surface area contributed by atoms with Crippen molar-refractivity contribution in [2.75, 3.05) is 45.2 Å². The highest BCUT2D eigenvalue weighted by atomic mass is 32.1. The number of amides is 2. The third kappa shape index (κ3) is 6.53. The number of thiophene rings is 1. The van der Waals surface area contributed by atoms with Crippen LogP contribution in [-0.2, 0) is 16.8 Å². The number of likely N-dealkylation sites (N-methyl/N-ethyl adjacent to an activating group) is 1. The second kappa shape index (κ2) is 12.4. The van der Waals surface area contributed by atoms with E-state index in [4.69, 9.17) is 4.74 Å². The van der Waals surface area contributed by atoms with Gasteiger partial charge in [0, 0.05) is 38.3 Å². The number of nitrogens with zero attached hydrogens (tertiary/aromatic N) is 4. The number of hydrogen-bond acceptors (Lipinski definition) is 8. The van der Waals surface area contributed by atoms with E-state index in [9.17, 15) is 14.4 Å². The van der Waals surface area contributed by atoms with Crippen LogP contribution in [0.2, 0.25) is 0 Å². The monoisotopic (exact) mass is 588 g/mol. The van der Waals surface area contributed by atoms with Gasteiger partial charge in [0.25, 0.3) is 11.8 Å². The van der Waals surface area contributed by atoms with Crippen molar-refractivity contribution in [1.29, 1.82) is 0 Å². The van der Waals surface area contributed by atoms with Gasteiger partial charge in [-0.2, -0.15) is 4.68 Å². The average Bonchev–Trinajstić information content (AvgIpc) is 3.56. The Morgan fingerprint density at radius 3 is 2.33 bits per heavy atom. The van der Waals surface area contributed by atoms with Gasteiger partial charge in [-0.15, -0.1) is 16.4 Å². The lowest BCUT2D eigenvalue weighted by atomic mass is 9.94. The van der Waals surface area contributed by atoms with Crippen LogP contribution in [0.15, 0.2) is 60.7 Å². The summed E-state index contributed by atoms with van der Waals surface area (Å²) in [7, 11) is 2.13. The molecule has 2 amide bonds. The smallest absolute Gasteiger partial charge is 0.436 e. The molecule has 2 N–H and O–H groups in total. The number of hydrogen-bond donors (Lipinski definition) is 2. The zero-order chi connectivity index (χ0) is 29.9. The fourth-order valence-electron chi connectivity index (χ4n) is 4.90. The highest BCUT2D eigenvalue weighted by molar-refractivity contribution is 7.20. The van der Waals surface area contributed by atoms with E-state index in [0.29, 0.717) is 20.7 Å². The number of rotatable bonds is 8. The number of benzene rings is 2. The zero-order valence-electron chi connectivity index (χ0n) is 24.3. The first-order chi connectivity index (χ1) is 20.1. The molecule has 2 aromatic heterocycles. The molecule has 0 spiro atoms. The van der Waals surface area contributed by atoms with Crippen LogP contribution in [0.3, 0.4) is 0 Å². The van der Waals surface area contributed by atoms with Crippen LogP contribution in [0.5, 0.6) is 0 Å². The number of fused-ring (bicyclic) bond motifs is 1. The highest BCUT2D eigenvalue weighted by Crippen LogP contribution is 2.33. The van der Waals surface area contributed by atoms with Crippen LogP contribution < -0.4 is 10.6 Å². The Kier molecular flexibility index (Phi) is 8.72. The van der Waals surface area contributed by atoms with Crippen molar-refractivity contribution in [3.8, 4) is 0 Å². The Labute approximate surface area is 249 Å². The molecule has 220 valence electrons. The molecular formula is C31H36N6O4S. The number of ether oxygens (including phenoxy) is 1. The topological polar surface area (TPSA) is 109 Å². The highest BCUT2D eigenvalue weighted by Gasteiger charge is 2.27. The van der Waals surface area contributed by atoms with E-state index in [1.807, 2.05) is 56.3 Å². The number of aromatic nitrogens is 2. The summed E-state index contributed by atoms with van der Waals surface area (Å²) < 4.78 is 6.27. The molecule has 0 saturated carbocycles. The number of carbonyl (C=O) groups is 3. The third-order valence-corrected chi connectivity index (χ3v) is 8.51. The molecule has 0 atom stereocenters. The third-order valence-electron chi connectivity index (χ3n) is 7.40. The standard InChI is InChI=1S/C31H36N6O4S/c1-5-41-30(40)37-29-24(19-25(42-29)28(39)33-31(2,3)23-9-7-6-8-10-23)26(34-37)32-27(38)22-13-11-21(12-14-22)20-36-17-15-35(4)16-18-36/h6-14,19H,5,15-18,20H2,1-4H3,(H,33,39)(H,32,34,38). The van der Waals surface area contributed by atoms with Gasteiger partial charge in [-0.1, -0.05) is 42.5 Å². The van der Waals surface area contributed by atoms with E-state index in [0.717, 1.165) is 59.9 Å². The first-order valence-corrected chi connectivity index (χ1v) is 14.8. The van der Waals surface area contributed by atoms with Gasteiger partial charge in [0.2, 0.25) is 0 Å². The Bertz CT molecular complexity index is 1570. The van der Waals surface area contributed by atoms with Crippen LogP contribution in [0.25, 0.3) is 10.2 Å². The number of carbonyl (C=O) groups excluding carboxylic acids is 3. The number of anilines is 1. The van der Waals surface area contributed by atoms with Gasteiger partial charge < -0.3 is 20.3 Å². The van der Waals surface area contributed by atoms with Gasteiger partial charge in [0.05, 0.1) is 22.4 Å². The second-order valence-corrected chi connectivity index (χ2v) is 12.0. The minimum atomic E-state index is -0.685. The first kappa shape index (κ1) is 29.4. The molecule has 0 unspecified atom stereocenters. The maximum absolute atomic E-state index is 13.3. The Morgan fingerprint density at radius 1 is 0.976 bits per heavy atom. The van der Waals surface area contributed by atoms with Gasteiger partial charge in [0.1, 0.15) is 4.83 Å². The quantitative estimate of drug-likeness (QED) is 0.305. The van der Waals surface area contributed by atoms with Crippen LogP contribution >= 0.6 is 11.3 Å². The summed E-state index contributed by atoms with van der Waals surface area (Å²) in [6, 6.07) is 18.8. The maximum atomic E-state index is 13.3. The molecule has 42 heavy (non-hydrogen) atoms. The molecule has 10 nitrogen and oxygen atoms in total. The number of nitrogens with one attached hydrogen (secondary N) is 2. The summed E-state index contributed by atoms with van der Waals surface area (Å²) in [5, 5.41) is 10.7. The fraction of sp³-hybridized carbons (Fsp3) is 0.355. The molecule has 0 aliphatic carbocycles. The molecule has 3 heterocycles. The maximum Gasteiger partial charge on any atom is 0.436 e. The van der Waals surface area contributed by atoms with Crippen LogP contribution in [-0.4, -0.2) is 77.3 Å². The van der Waals surface area contributed by atoms with Crippen molar-refractivity contribution in [2.24, 2.45) is 0 Å². The number of piperazine rings is 1. The summed E-state index contributed by atoms with van der Waals surface area (Å²) >= 11 is 1.11. The summed E-state index contributed by atoms with van der Waals surface area (Å²) in [5.41, 5.74) is 1.93. The molecule has 4 aromatic rings. The predicted octanol–water partition coefficient (Wildman–Crippen LogP) is 4.77. The Morgan fingerprint density at radius 2 is 1.67 bits per heavy atom. The lowest BCUT2D eigenvalue weighted by Crippen LogP contribution is -2.43. The molecule has 11 heteroatoms. The van der Waals surface area contributed by atoms with Crippen LogP contribution in [0, 0.1) is 0 Å². The van der Waals surface area contributed by atoms with Crippen molar-refractivity contribution >= 4 is 45.3 Å². The minimum Gasteiger partial charge on any atom is -0.448 e. The van der Waals surface area contributed by atoms with E-state index >= 15 is 0 Å². The van der Waals surface area contributed by atoms with Gasteiger partial charge in [-0.05, 0) is 57.1 Å². The van der Waals surface area contributed by atoms with Crippen molar-refractivity contribution < 1.29 is 19.1 Å². The summed E-state index contributed by atoms with van der Waals surface area (Å²) in [6.07, 6.45) is -0.685. The summed E-state index contributed by atoms with van der Waals surface area (Å²) in [6.45, 7) is 10.7. The molecule has 2 aromatic carbocycles. The Balaban J connectivity index is 1.35. The second-order valence-electron chi connectivity index (χ2n) is 11.0. The van der Waals surface area contributed by atoms with Crippen molar-refractivity contribution in [1.82, 2.24) is 24.9 Å². The minimum absolute atomic E-state index is 0.159. The summed E-state index contributed by atoms with van der Waals surface area (Å²) in [4.78, 5) is 44.7. The van der Waals surface area contributed by atoms with Crippen LogP contribution in [0.4, 0.5) is 10.6 Å². The molecule has 1 fully saturated rings. The van der Waals surface area contributed by atoms with E-state index < -0.39 is 11.6 Å². The van der Waals surface area contributed by atoms with E-state index in [2.05, 4.69) is 32.6 Å². The molecule has 0 bridgehead atoms. The lowest BCUT2D eigenvalue weighted by molar-refractivity contribution is 0.0915. The molecular weight excluding hydrogens is 552 g/mol. The lowest BCUT2D eigenvalue weighted by Gasteiger charge is -2.32. The molecule has 1 aliphatic heterocycles. The Hall–Kier alpha value is -4.06. The molecule has 1 aliphatic rings. The van der Waals surface area contributed by atoms with Gasteiger partial charge in [0.15, 0.2) is 5.82 Å². The zero-order valence-corrected chi connectivity index (χ0v) is 25.2. The van der Waals surface area contributed by atoms with E-state index in [1.165, 1.54) is 0 Å². The SMILES string of the molecule is CCOC(=O)n1nc(NC(=O)c2ccc(CN3CCN(C)CC3)cc2)c2cc(C(=O)NC(C)(C)c3ccccc3)sc21. The predicted molar refractivity (Wildman–Crippen MR) is 164 cm³/mol. The van der Waals surface area contributed by atoms with Gasteiger partial charge >= 0.3 is 6.09 Å². The molecule has 5 rings (SSSR count). The van der Waals surface area contributed by atoms with E-state index in [-0.39, 0.29) is 24.2 Å². The molecule has 1 saturated heterocycles. The summed E-state index contributed by atoms with van der Waals surface area (Å²) in [5.74, 6) is -0.477. The van der Waals surface area contributed by atoms with E-state index in [1.54, 1.807) is 25.1 Å². The largest absolute Gasteiger partial charge is 0.448 e. The van der Waals surface area contributed by atoms with Crippen molar-refractivity contribution in [2.45, 2.75) is 32.9 Å². The fourth-order valence-corrected chi connectivity index (χ4v) is 5.89. The van der Waals surface area contributed by atoms with Gasteiger partial charge in [-0.25, -0.2) is 4.79 Å². The van der Waals surface area contributed by atoms with Crippen LogP contribution in [0.1, 0.15) is 51.9 Å². The first-order valence-electron chi connectivity index (χ1n) is 14.0. The van der Waals surface area contributed by atoms with Crippen molar-refractivity contribution in [3.05, 3.63) is 82.2 Å². The van der Waals surface area contributed by atoms with Crippen molar-refractivity contribution in [3.63, 3.8) is 0 Å². The average molecular weight is 589 g/mol.